The standard InChI is InChI=1S/C14H19BrN2O4S/c1-9-7-17(8-11(9)14(18)19)22(20,21)13-6-10(16(2)3)4-5-12(13)15/h4-6,9,11H,7-8H2,1-3H3,(H,18,19)/t9-,11-/m1/s1. The Hall–Kier alpha value is -1.12. The first-order valence-corrected chi connectivity index (χ1v) is 9.07. The van der Waals surface area contributed by atoms with Crippen LogP contribution in [0.15, 0.2) is 27.6 Å². The highest BCUT2D eigenvalue weighted by atomic mass is 79.9. The van der Waals surface area contributed by atoms with Gasteiger partial charge in [0.2, 0.25) is 10.0 Å². The zero-order valence-electron chi connectivity index (χ0n) is 12.7. The number of halogens is 1. The van der Waals surface area contributed by atoms with Crippen molar-refractivity contribution in [2.45, 2.75) is 11.8 Å². The second-order valence-corrected chi connectivity index (χ2v) is 8.51. The minimum atomic E-state index is -3.73. The average molecular weight is 391 g/mol. The van der Waals surface area contributed by atoms with Gasteiger partial charge in [0.25, 0.3) is 0 Å². The summed E-state index contributed by atoms with van der Waals surface area (Å²) in [7, 11) is -0.0655. The number of benzene rings is 1. The second-order valence-electron chi connectivity index (χ2n) is 5.75. The first kappa shape index (κ1) is 17.2. The Labute approximate surface area is 138 Å². The van der Waals surface area contributed by atoms with E-state index in [4.69, 9.17) is 0 Å². The summed E-state index contributed by atoms with van der Waals surface area (Å²) in [6.45, 7) is 2.00. The molecule has 0 saturated carbocycles. The third kappa shape index (κ3) is 3.13. The molecule has 0 bridgehead atoms. The molecule has 2 atom stereocenters. The third-order valence-electron chi connectivity index (χ3n) is 3.95. The summed E-state index contributed by atoms with van der Waals surface area (Å²) >= 11 is 3.28. The molecule has 1 aromatic rings. The molecule has 0 spiro atoms. The molecule has 1 fully saturated rings. The van der Waals surface area contributed by atoms with Gasteiger partial charge in [-0.3, -0.25) is 4.79 Å². The highest BCUT2D eigenvalue weighted by Crippen LogP contribution is 2.33. The summed E-state index contributed by atoms with van der Waals surface area (Å²) in [6, 6.07) is 5.10. The fraction of sp³-hybridized carbons (Fsp3) is 0.500. The maximum atomic E-state index is 12.8. The van der Waals surface area contributed by atoms with Gasteiger partial charge >= 0.3 is 5.97 Å². The second kappa shape index (κ2) is 6.17. The number of sulfonamides is 1. The van der Waals surface area contributed by atoms with E-state index in [9.17, 15) is 18.3 Å². The lowest BCUT2D eigenvalue weighted by molar-refractivity contribution is -0.142. The SMILES string of the molecule is C[C@@H]1CN(S(=O)(=O)c2cc(N(C)C)ccc2Br)C[C@H]1C(=O)O. The Morgan fingerprint density at radius 1 is 1.36 bits per heavy atom. The number of aliphatic carboxylic acids is 1. The monoisotopic (exact) mass is 390 g/mol. The Kier molecular flexibility index (Phi) is 4.84. The third-order valence-corrected chi connectivity index (χ3v) is 6.77. The normalized spacial score (nSPS) is 22.7. The van der Waals surface area contributed by atoms with Crippen LogP contribution < -0.4 is 4.90 Å². The molecular formula is C14H19BrN2O4S. The number of carboxylic acid groups (broad SMARTS) is 1. The molecule has 1 heterocycles. The molecule has 1 saturated heterocycles. The van der Waals surface area contributed by atoms with Crippen molar-refractivity contribution in [2.75, 3.05) is 32.1 Å². The van der Waals surface area contributed by atoms with E-state index >= 15 is 0 Å². The average Bonchev–Trinajstić information content (AvgIpc) is 2.81. The summed E-state index contributed by atoms with van der Waals surface area (Å²) < 4.78 is 27.4. The minimum Gasteiger partial charge on any atom is -0.481 e. The van der Waals surface area contributed by atoms with Crippen molar-refractivity contribution in [2.24, 2.45) is 11.8 Å². The van der Waals surface area contributed by atoms with E-state index in [1.807, 2.05) is 25.1 Å². The van der Waals surface area contributed by atoms with Gasteiger partial charge in [0, 0.05) is 37.3 Å². The predicted molar refractivity (Wildman–Crippen MR) is 87.5 cm³/mol. The number of carbonyl (C=O) groups is 1. The largest absolute Gasteiger partial charge is 0.481 e. The molecule has 1 aliphatic heterocycles. The molecule has 8 heteroatoms. The first-order chi connectivity index (χ1) is 10.1. The smallest absolute Gasteiger partial charge is 0.308 e. The lowest BCUT2D eigenvalue weighted by Crippen LogP contribution is -2.30. The van der Waals surface area contributed by atoms with Crippen LogP contribution in [0.5, 0.6) is 0 Å². The zero-order valence-corrected chi connectivity index (χ0v) is 15.1. The van der Waals surface area contributed by atoms with Gasteiger partial charge in [0.15, 0.2) is 0 Å². The van der Waals surface area contributed by atoms with Crippen molar-refractivity contribution < 1.29 is 18.3 Å². The number of carboxylic acids is 1. The highest BCUT2D eigenvalue weighted by Gasteiger charge is 2.41. The van der Waals surface area contributed by atoms with Crippen LogP contribution in [0.25, 0.3) is 0 Å². The van der Waals surface area contributed by atoms with Crippen molar-refractivity contribution in [1.82, 2.24) is 4.31 Å². The summed E-state index contributed by atoms with van der Waals surface area (Å²) in [5.74, 6) is -1.82. The van der Waals surface area contributed by atoms with Gasteiger partial charge in [-0.25, -0.2) is 8.42 Å². The molecule has 0 unspecified atom stereocenters. The van der Waals surface area contributed by atoms with Crippen LogP contribution in [0, 0.1) is 11.8 Å². The number of hydrogen-bond donors (Lipinski definition) is 1. The van der Waals surface area contributed by atoms with Gasteiger partial charge in [-0.15, -0.1) is 0 Å². The van der Waals surface area contributed by atoms with Crippen LogP contribution in [0.1, 0.15) is 6.92 Å². The highest BCUT2D eigenvalue weighted by molar-refractivity contribution is 9.10. The topological polar surface area (TPSA) is 77.9 Å². The summed E-state index contributed by atoms with van der Waals surface area (Å²) in [6.07, 6.45) is 0. The summed E-state index contributed by atoms with van der Waals surface area (Å²) in [4.78, 5) is 13.2. The van der Waals surface area contributed by atoms with E-state index in [1.165, 1.54) is 4.31 Å². The summed E-state index contributed by atoms with van der Waals surface area (Å²) in [5.41, 5.74) is 0.767. The Bertz CT molecular complexity index is 690. The van der Waals surface area contributed by atoms with E-state index in [0.717, 1.165) is 5.69 Å². The number of anilines is 1. The molecule has 0 aromatic heterocycles. The molecule has 122 valence electrons. The number of rotatable bonds is 4. The van der Waals surface area contributed by atoms with E-state index < -0.39 is 21.9 Å². The molecule has 2 rings (SSSR count). The van der Waals surface area contributed by atoms with Gasteiger partial charge in [0.1, 0.15) is 0 Å². The quantitative estimate of drug-likeness (QED) is 0.848. The van der Waals surface area contributed by atoms with Crippen molar-refractivity contribution in [3.05, 3.63) is 22.7 Å². The molecular weight excluding hydrogens is 372 g/mol. The molecule has 0 aliphatic carbocycles. The molecule has 0 radical (unpaired) electrons. The minimum absolute atomic E-state index is 0.0114. The number of hydrogen-bond acceptors (Lipinski definition) is 4. The van der Waals surface area contributed by atoms with Crippen LogP contribution in [0.3, 0.4) is 0 Å². The summed E-state index contributed by atoms with van der Waals surface area (Å²) in [5, 5.41) is 9.17. The molecule has 1 aliphatic rings. The van der Waals surface area contributed by atoms with Crippen molar-refractivity contribution >= 4 is 37.6 Å². The molecule has 6 nitrogen and oxygen atoms in total. The van der Waals surface area contributed by atoms with Gasteiger partial charge in [0.05, 0.1) is 10.8 Å². The van der Waals surface area contributed by atoms with Crippen molar-refractivity contribution in [3.63, 3.8) is 0 Å². The predicted octanol–water partition coefficient (Wildman–Crippen LogP) is 1.86. The first-order valence-electron chi connectivity index (χ1n) is 6.84. The number of nitrogens with zero attached hydrogens (tertiary/aromatic N) is 2. The zero-order chi connectivity index (χ0) is 16.7. The van der Waals surface area contributed by atoms with Gasteiger partial charge in [-0.1, -0.05) is 6.92 Å². The van der Waals surface area contributed by atoms with E-state index in [2.05, 4.69) is 15.9 Å². The molecule has 22 heavy (non-hydrogen) atoms. The van der Waals surface area contributed by atoms with Gasteiger partial charge in [-0.2, -0.15) is 4.31 Å². The van der Waals surface area contributed by atoms with Crippen molar-refractivity contribution in [1.29, 1.82) is 0 Å². The van der Waals surface area contributed by atoms with Crippen LogP contribution in [0.4, 0.5) is 5.69 Å². The molecule has 1 N–H and O–H groups in total. The van der Waals surface area contributed by atoms with Crippen LogP contribution >= 0.6 is 15.9 Å². The van der Waals surface area contributed by atoms with Gasteiger partial charge < -0.3 is 10.0 Å². The Balaban J connectivity index is 2.40. The maximum Gasteiger partial charge on any atom is 0.308 e. The maximum absolute atomic E-state index is 12.8. The van der Waals surface area contributed by atoms with E-state index in [0.29, 0.717) is 4.47 Å². The lowest BCUT2D eigenvalue weighted by Gasteiger charge is -2.19. The van der Waals surface area contributed by atoms with E-state index in [1.54, 1.807) is 19.1 Å². The van der Waals surface area contributed by atoms with Crippen molar-refractivity contribution in [3.8, 4) is 0 Å². The van der Waals surface area contributed by atoms with Crippen LogP contribution in [-0.4, -0.2) is 51.0 Å². The Morgan fingerprint density at radius 3 is 2.50 bits per heavy atom. The van der Waals surface area contributed by atoms with Crippen LogP contribution in [-0.2, 0) is 14.8 Å². The Morgan fingerprint density at radius 2 is 2.00 bits per heavy atom. The van der Waals surface area contributed by atoms with E-state index in [-0.39, 0.29) is 23.9 Å². The van der Waals surface area contributed by atoms with Gasteiger partial charge in [-0.05, 0) is 40.0 Å². The fourth-order valence-electron chi connectivity index (χ4n) is 2.55. The van der Waals surface area contributed by atoms with Crippen LogP contribution in [0.2, 0.25) is 0 Å². The molecule has 1 aromatic carbocycles. The fourth-order valence-corrected chi connectivity index (χ4v) is 5.06. The molecule has 0 amide bonds. The lowest BCUT2D eigenvalue weighted by atomic mass is 9.99.